The van der Waals surface area contributed by atoms with E-state index in [0.29, 0.717) is 12.7 Å². The SMILES string of the molecule is CC(C)(C)n1nc(C2CCOCC2)nc1CCc1ccc2c(c1)OCO2. The van der Waals surface area contributed by atoms with Crippen LogP contribution in [-0.4, -0.2) is 34.8 Å². The van der Waals surface area contributed by atoms with Gasteiger partial charge in [0.2, 0.25) is 6.79 Å². The molecule has 2 aromatic rings. The average Bonchev–Trinajstić information content (AvgIpc) is 3.27. The van der Waals surface area contributed by atoms with Crippen LogP contribution in [0.25, 0.3) is 0 Å². The highest BCUT2D eigenvalue weighted by Crippen LogP contribution is 2.33. The summed E-state index contributed by atoms with van der Waals surface area (Å²) in [6.07, 6.45) is 3.78. The lowest BCUT2D eigenvalue weighted by atomic mass is 10.00. The third kappa shape index (κ3) is 3.56. The van der Waals surface area contributed by atoms with E-state index < -0.39 is 0 Å². The molecule has 0 unspecified atom stereocenters. The maximum atomic E-state index is 5.49. The molecular weight excluding hydrogens is 330 g/mol. The van der Waals surface area contributed by atoms with E-state index in [0.717, 1.165) is 62.0 Å². The maximum absolute atomic E-state index is 5.49. The number of ether oxygens (including phenoxy) is 3. The van der Waals surface area contributed by atoms with Gasteiger partial charge >= 0.3 is 0 Å². The summed E-state index contributed by atoms with van der Waals surface area (Å²) < 4.78 is 18.5. The summed E-state index contributed by atoms with van der Waals surface area (Å²) in [5, 5.41) is 4.88. The van der Waals surface area contributed by atoms with Gasteiger partial charge in [0.15, 0.2) is 17.3 Å². The first kappa shape index (κ1) is 17.3. The highest BCUT2D eigenvalue weighted by atomic mass is 16.7. The summed E-state index contributed by atoms with van der Waals surface area (Å²) in [5.41, 5.74) is 1.14. The highest BCUT2D eigenvalue weighted by molar-refractivity contribution is 5.44. The van der Waals surface area contributed by atoms with Crippen molar-refractivity contribution in [3.05, 3.63) is 35.4 Å². The van der Waals surface area contributed by atoms with Crippen molar-refractivity contribution in [2.24, 2.45) is 0 Å². The normalized spacial score (nSPS) is 17.7. The molecule has 0 amide bonds. The van der Waals surface area contributed by atoms with Crippen molar-refractivity contribution in [3.8, 4) is 11.5 Å². The van der Waals surface area contributed by atoms with Crippen molar-refractivity contribution < 1.29 is 14.2 Å². The van der Waals surface area contributed by atoms with Gasteiger partial charge in [0.25, 0.3) is 0 Å². The molecule has 1 fully saturated rings. The summed E-state index contributed by atoms with van der Waals surface area (Å²) in [6.45, 7) is 8.46. The van der Waals surface area contributed by atoms with Gasteiger partial charge in [0, 0.05) is 25.6 Å². The molecule has 0 N–H and O–H groups in total. The molecule has 0 radical (unpaired) electrons. The molecule has 3 heterocycles. The van der Waals surface area contributed by atoms with E-state index in [-0.39, 0.29) is 5.54 Å². The number of benzene rings is 1. The fourth-order valence-corrected chi connectivity index (χ4v) is 3.54. The fourth-order valence-electron chi connectivity index (χ4n) is 3.54. The Bertz CT molecular complexity index is 773. The second-order valence-corrected chi connectivity index (χ2v) is 8.04. The van der Waals surface area contributed by atoms with Crippen LogP contribution in [0, 0.1) is 0 Å². The van der Waals surface area contributed by atoms with Crippen LogP contribution in [0.15, 0.2) is 18.2 Å². The van der Waals surface area contributed by atoms with Crippen LogP contribution >= 0.6 is 0 Å². The molecule has 2 aliphatic heterocycles. The van der Waals surface area contributed by atoms with Crippen molar-refractivity contribution in [2.75, 3.05) is 20.0 Å². The molecular formula is C20H27N3O3. The minimum absolute atomic E-state index is 0.0827. The minimum atomic E-state index is -0.0827. The third-order valence-corrected chi connectivity index (χ3v) is 4.99. The second kappa shape index (κ2) is 6.91. The molecule has 2 aliphatic rings. The first-order valence-corrected chi connectivity index (χ1v) is 9.43. The Morgan fingerprint density at radius 2 is 1.85 bits per heavy atom. The molecule has 0 saturated carbocycles. The molecule has 0 spiro atoms. The third-order valence-electron chi connectivity index (χ3n) is 4.99. The van der Waals surface area contributed by atoms with Gasteiger partial charge in [-0.15, -0.1) is 0 Å². The van der Waals surface area contributed by atoms with Crippen LogP contribution in [0.5, 0.6) is 11.5 Å². The molecule has 4 rings (SSSR count). The maximum Gasteiger partial charge on any atom is 0.231 e. The van der Waals surface area contributed by atoms with Crippen molar-refractivity contribution >= 4 is 0 Å². The van der Waals surface area contributed by atoms with Gasteiger partial charge in [0.05, 0.1) is 5.54 Å². The molecule has 1 aromatic carbocycles. The van der Waals surface area contributed by atoms with Gasteiger partial charge in [-0.25, -0.2) is 9.67 Å². The van der Waals surface area contributed by atoms with Crippen molar-refractivity contribution in [2.45, 2.75) is 57.9 Å². The van der Waals surface area contributed by atoms with E-state index in [2.05, 4.69) is 37.6 Å². The summed E-state index contributed by atoms with van der Waals surface area (Å²) in [6, 6.07) is 6.16. The zero-order chi connectivity index (χ0) is 18.1. The van der Waals surface area contributed by atoms with Gasteiger partial charge in [-0.3, -0.25) is 0 Å². The molecule has 26 heavy (non-hydrogen) atoms. The largest absolute Gasteiger partial charge is 0.454 e. The van der Waals surface area contributed by atoms with Gasteiger partial charge < -0.3 is 14.2 Å². The number of aromatic nitrogens is 3. The molecule has 1 aromatic heterocycles. The van der Waals surface area contributed by atoms with E-state index in [9.17, 15) is 0 Å². The van der Waals surface area contributed by atoms with Crippen LogP contribution in [0.3, 0.4) is 0 Å². The molecule has 6 nitrogen and oxygen atoms in total. The Kier molecular flexibility index (Phi) is 4.61. The fraction of sp³-hybridized carbons (Fsp3) is 0.600. The lowest BCUT2D eigenvalue weighted by Crippen LogP contribution is -2.26. The van der Waals surface area contributed by atoms with Crippen molar-refractivity contribution in [1.82, 2.24) is 14.8 Å². The predicted molar refractivity (Wildman–Crippen MR) is 97.8 cm³/mol. The van der Waals surface area contributed by atoms with E-state index in [1.807, 2.05) is 6.07 Å². The predicted octanol–water partition coefficient (Wildman–Crippen LogP) is 3.44. The van der Waals surface area contributed by atoms with Gasteiger partial charge in [-0.1, -0.05) is 6.07 Å². The quantitative estimate of drug-likeness (QED) is 0.839. The number of nitrogens with zero attached hydrogens (tertiary/aromatic N) is 3. The number of rotatable bonds is 4. The monoisotopic (exact) mass is 357 g/mol. The Balaban J connectivity index is 1.53. The molecule has 6 heteroatoms. The molecule has 0 atom stereocenters. The van der Waals surface area contributed by atoms with Crippen LogP contribution in [0.1, 0.15) is 56.7 Å². The number of fused-ring (bicyclic) bond motifs is 1. The van der Waals surface area contributed by atoms with Crippen LogP contribution in [0.2, 0.25) is 0 Å². The summed E-state index contributed by atoms with van der Waals surface area (Å²) in [5.74, 6) is 4.10. The van der Waals surface area contributed by atoms with Crippen molar-refractivity contribution in [3.63, 3.8) is 0 Å². The van der Waals surface area contributed by atoms with Gasteiger partial charge in [-0.2, -0.15) is 5.10 Å². The van der Waals surface area contributed by atoms with Gasteiger partial charge in [-0.05, 0) is 57.7 Å². The Labute approximate surface area is 154 Å². The number of hydrogen-bond acceptors (Lipinski definition) is 5. The standard InChI is InChI=1S/C20H27N3O3/c1-20(2,3)23-18(21-19(22-23)15-8-10-24-11-9-15)7-5-14-4-6-16-17(12-14)26-13-25-16/h4,6,12,15H,5,7-11,13H2,1-3H3. The van der Waals surface area contributed by atoms with Crippen LogP contribution < -0.4 is 9.47 Å². The highest BCUT2D eigenvalue weighted by Gasteiger charge is 2.26. The van der Waals surface area contributed by atoms with E-state index in [1.165, 1.54) is 5.56 Å². The van der Waals surface area contributed by atoms with E-state index >= 15 is 0 Å². The van der Waals surface area contributed by atoms with Crippen LogP contribution in [0.4, 0.5) is 0 Å². The molecule has 0 aliphatic carbocycles. The number of hydrogen-bond donors (Lipinski definition) is 0. The number of aryl methyl sites for hydroxylation is 2. The summed E-state index contributed by atoms with van der Waals surface area (Å²) >= 11 is 0. The smallest absolute Gasteiger partial charge is 0.231 e. The Hall–Kier alpha value is -2.08. The zero-order valence-corrected chi connectivity index (χ0v) is 15.8. The van der Waals surface area contributed by atoms with E-state index in [4.69, 9.17) is 24.3 Å². The van der Waals surface area contributed by atoms with Gasteiger partial charge in [0.1, 0.15) is 5.82 Å². The van der Waals surface area contributed by atoms with Crippen molar-refractivity contribution in [1.29, 1.82) is 0 Å². The summed E-state index contributed by atoms with van der Waals surface area (Å²) in [7, 11) is 0. The Morgan fingerprint density at radius 3 is 2.62 bits per heavy atom. The topological polar surface area (TPSA) is 58.4 Å². The Morgan fingerprint density at radius 1 is 1.08 bits per heavy atom. The second-order valence-electron chi connectivity index (χ2n) is 8.04. The van der Waals surface area contributed by atoms with Crippen LogP contribution in [-0.2, 0) is 23.1 Å². The first-order valence-electron chi connectivity index (χ1n) is 9.43. The molecule has 1 saturated heterocycles. The summed E-state index contributed by atoms with van der Waals surface area (Å²) in [4.78, 5) is 4.93. The molecule has 0 bridgehead atoms. The average molecular weight is 357 g/mol. The zero-order valence-electron chi connectivity index (χ0n) is 15.8. The minimum Gasteiger partial charge on any atom is -0.454 e. The lowest BCUT2D eigenvalue weighted by molar-refractivity contribution is 0.0834. The van der Waals surface area contributed by atoms with E-state index in [1.54, 1.807) is 0 Å². The lowest BCUT2D eigenvalue weighted by Gasteiger charge is -2.22. The first-order chi connectivity index (χ1) is 12.5. The molecule has 140 valence electrons.